The van der Waals surface area contributed by atoms with Crippen molar-refractivity contribution < 1.29 is 9.52 Å². The molecule has 0 bridgehead atoms. The molecule has 1 fully saturated rings. The lowest BCUT2D eigenvalue weighted by molar-refractivity contribution is 0.183. The molecule has 2 aromatic heterocycles. The second-order valence-electron chi connectivity index (χ2n) is 7.58. The largest absolute Gasteiger partial charge is 0.507 e. The van der Waals surface area contributed by atoms with E-state index in [-0.39, 0.29) is 17.4 Å². The number of pyridine rings is 1. The van der Waals surface area contributed by atoms with Crippen molar-refractivity contribution in [2.24, 2.45) is 0 Å². The fraction of sp³-hybridized carbons (Fsp3) is 0.348. The number of likely N-dealkylation sites (tertiary alicyclic amines) is 1. The second kappa shape index (κ2) is 8.47. The quantitative estimate of drug-likeness (QED) is 0.658. The number of aromatic hydroxyl groups is 1. The molecule has 3 heterocycles. The van der Waals surface area contributed by atoms with Crippen LogP contribution in [0.2, 0.25) is 5.02 Å². The fourth-order valence-electron chi connectivity index (χ4n) is 4.19. The van der Waals surface area contributed by atoms with Gasteiger partial charge in [-0.15, -0.1) is 0 Å². The first-order valence-electron chi connectivity index (χ1n) is 10.0. The van der Waals surface area contributed by atoms with Crippen molar-refractivity contribution in [3.63, 3.8) is 0 Å². The highest BCUT2D eigenvalue weighted by atomic mass is 35.5. The number of benzene rings is 1. The summed E-state index contributed by atoms with van der Waals surface area (Å²) in [6.45, 7) is 3.86. The lowest BCUT2D eigenvalue weighted by Gasteiger charge is -2.35. The summed E-state index contributed by atoms with van der Waals surface area (Å²) in [5.41, 5.74) is 1.69. The Morgan fingerprint density at radius 1 is 1.14 bits per heavy atom. The molecule has 6 heteroatoms. The van der Waals surface area contributed by atoms with Crippen LogP contribution in [0, 0.1) is 6.92 Å². The molecule has 1 aliphatic rings. The highest BCUT2D eigenvalue weighted by molar-refractivity contribution is 6.31. The van der Waals surface area contributed by atoms with Crippen LogP contribution in [0.3, 0.4) is 0 Å². The maximum absolute atomic E-state index is 13.6. The second-order valence-corrected chi connectivity index (χ2v) is 7.98. The minimum atomic E-state index is -0.389. The van der Waals surface area contributed by atoms with E-state index in [1.807, 2.05) is 37.3 Å². The van der Waals surface area contributed by atoms with Gasteiger partial charge in [0.15, 0.2) is 0 Å². The van der Waals surface area contributed by atoms with Gasteiger partial charge in [-0.1, -0.05) is 36.2 Å². The van der Waals surface area contributed by atoms with Crippen molar-refractivity contribution in [3.05, 3.63) is 86.7 Å². The van der Waals surface area contributed by atoms with Crippen LogP contribution in [0.25, 0.3) is 0 Å². The summed E-state index contributed by atoms with van der Waals surface area (Å²) in [5.74, 6) is 0.706. The molecule has 0 spiro atoms. The van der Waals surface area contributed by atoms with Gasteiger partial charge in [0.1, 0.15) is 11.5 Å². The van der Waals surface area contributed by atoms with Crippen LogP contribution in [-0.4, -0.2) is 27.7 Å². The Morgan fingerprint density at radius 2 is 1.90 bits per heavy atom. The highest BCUT2D eigenvalue weighted by Crippen LogP contribution is 2.37. The van der Waals surface area contributed by atoms with E-state index in [0.29, 0.717) is 28.6 Å². The van der Waals surface area contributed by atoms with Crippen molar-refractivity contribution in [2.75, 3.05) is 13.1 Å². The molecule has 0 saturated carbocycles. The normalized spacial score (nSPS) is 16.1. The van der Waals surface area contributed by atoms with Gasteiger partial charge in [0.25, 0.3) is 5.56 Å². The highest BCUT2D eigenvalue weighted by Gasteiger charge is 2.31. The summed E-state index contributed by atoms with van der Waals surface area (Å²) in [6, 6.07) is 12.5. The Balaban J connectivity index is 1.88. The fourth-order valence-corrected chi connectivity index (χ4v) is 4.43. The van der Waals surface area contributed by atoms with E-state index < -0.39 is 0 Å². The number of aromatic nitrogens is 1. The number of halogens is 1. The zero-order chi connectivity index (χ0) is 20.4. The lowest BCUT2D eigenvalue weighted by atomic mass is 9.94. The van der Waals surface area contributed by atoms with E-state index in [1.165, 1.54) is 6.42 Å². The molecule has 0 amide bonds. The van der Waals surface area contributed by atoms with Crippen molar-refractivity contribution in [3.8, 4) is 5.75 Å². The first-order valence-corrected chi connectivity index (χ1v) is 10.4. The van der Waals surface area contributed by atoms with Gasteiger partial charge in [0, 0.05) is 10.7 Å². The minimum absolute atomic E-state index is 0.0127. The maximum atomic E-state index is 13.6. The Bertz CT molecular complexity index is 1040. The van der Waals surface area contributed by atoms with Gasteiger partial charge in [-0.2, -0.15) is 0 Å². The van der Waals surface area contributed by atoms with Crippen LogP contribution in [0.4, 0.5) is 0 Å². The lowest BCUT2D eigenvalue weighted by Crippen LogP contribution is -2.39. The van der Waals surface area contributed by atoms with Crippen LogP contribution >= 0.6 is 11.6 Å². The van der Waals surface area contributed by atoms with Gasteiger partial charge in [-0.25, -0.2) is 0 Å². The molecular weight excluding hydrogens is 388 g/mol. The maximum Gasteiger partial charge on any atom is 0.260 e. The number of furan rings is 1. The number of rotatable bonds is 5. The summed E-state index contributed by atoms with van der Waals surface area (Å²) in [7, 11) is 0. The van der Waals surface area contributed by atoms with Crippen molar-refractivity contribution in [2.45, 2.75) is 38.8 Å². The molecular formula is C23H25ClN2O3. The third-order valence-corrected chi connectivity index (χ3v) is 5.99. The summed E-state index contributed by atoms with van der Waals surface area (Å²) in [5, 5.41) is 11.5. The molecule has 4 rings (SSSR count). The Morgan fingerprint density at radius 3 is 2.59 bits per heavy atom. The van der Waals surface area contributed by atoms with E-state index in [0.717, 1.165) is 31.5 Å². The predicted octanol–water partition coefficient (Wildman–Crippen LogP) is 4.73. The van der Waals surface area contributed by atoms with E-state index in [2.05, 4.69) is 4.90 Å². The number of hydrogen-bond acceptors (Lipinski definition) is 4. The molecule has 29 heavy (non-hydrogen) atoms. The van der Waals surface area contributed by atoms with Gasteiger partial charge < -0.3 is 14.1 Å². The van der Waals surface area contributed by atoms with Gasteiger partial charge in [-0.3, -0.25) is 9.69 Å². The molecule has 0 unspecified atom stereocenters. The molecule has 3 aromatic rings. The van der Waals surface area contributed by atoms with E-state index in [4.69, 9.17) is 16.0 Å². The Hall–Kier alpha value is -2.50. The van der Waals surface area contributed by atoms with Crippen LogP contribution < -0.4 is 5.56 Å². The Kier molecular flexibility index (Phi) is 5.79. The van der Waals surface area contributed by atoms with Crippen LogP contribution in [0.1, 0.15) is 47.9 Å². The Labute approximate surface area is 175 Å². The van der Waals surface area contributed by atoms with E-state index in [9.17, 15) is 9.90 Å². The standard InChI is InChI=1S/C23H25ClN2O3/c1-16-14-20(27)21(23(28)26(16)15-17-8-7-13-29-17)22(25-11-5-2-6-12-25)18-9-3-4-10-19(18)24/h3-4,7-10,13-14,22,27H,2,5-6,11-12,15H2,1H3/t22-/m0/s1. The zero-order valence-corrected chi connectivity index (χ0v) is 17.2. The first kappa shape index (κ1) is 19.8. The molecule has 152 valence electrons. The monoisotopic (exact) mass is 412 g/mol. The summed E-state index contributed by atoms with van der Waals surface area (Å²) < 4.78 is 7.10. The molecule has 5 nitrogen and oxygen atoms in total. The van der Waals surface area contributed by atoms with Crippen molar-refractivity contribution in [1.82, 2.24) is 9.47 Å². The van der Waals surface area contributed by atoms with Gasteiger partial charge in [0.05, 0.1) is 24.4 Å². The zero-order valence-electron chi connectivity index (χ0n) is 16.5. The summed E-state index contributed by atoms with van der Waals surface area (Å²) >= 11 is 6.55. The van der Waals surface area contributed by atoms with Crippen LogP contribution in [-0.2, 0) is 6.54 Å². The average Bonchev–Trinajstić information content (AvgIpc) is 3.23. The molecule has 1 atom stereocenters. The third kappa shape index (κ3) is 3.98. The third-order valence-electron chi connectivity index (χ3n) is 5.65. The smallest absolute Gasteiger partial charge is 0.260 e. The van der Waals surface area contributed by atoms with Gasteiger partial charge >= 0.3 is 0 Å². The molecule has 0 radical (unpaired) electrons. The molecule has 1 saturated heterocycles. The molecule has 1 N–H and O–H groups in total. The number of aryl methyl sites for hydroxylation is 1. The van der Waals surface area contributed by atoms with Crippen molar-refractivity contribution >= 4 is 11.6 Å². The molecule has 0 aliphatic carbocycles. The minimum Gasteiger partial charge on any atom is -0.507 e. The topological polar surface area (TPSA) is 58.6 Å². The number of nitrogens with zero attached hydrogens (tertiary/aromatic N) is 2. The SMILES string of the molecule is Cc1cc(O)c([C@H](c2ccccc2Cl)N2CCCCC2)c(=O)n1Cc1ccco1. The van der Waals surface area contributed by atoms with Gasteiger partial charge in [-0.05, 0) is 62.7 Å². The van der Waals surface area contributed by atoms with Crippen LogP contribution in [0.5, 0.6) is 5.75 Å². The van der Waals surface area contributed by atoms with E-state index in [1.54, 1.807) is 23.0 Å². The van der Waals surface area contributed by atoms with Gasteiger partial charge in [0.2, 0.25) is 0 Å². The van der Waals surface area contributed by atoms with Crippen molar-refractivity contribution in [1.29, 1.82) is 0 Å². The number of piperidine rings is 1. The molecule has 1 aliphatic heterocycles. The average molecular weight is 413 g/mol. The van der Waals surface area contributed by atoms with Crippen LogP contribution in [0.15, 0.2) is 57.9 Å². The first-order chi connectivity index (χ1) is 14.1. The summed E-state index contributed by atoms with van der Waals surface area (Å²) in [6.07, 6.45) is 4.90. The summed E-state index contributed by atoms with van der Waals surface area (Å²) in [4.78, 5) is 15.9. The molecule has 1 aromatic carbocycles. The number of hydrogen-bond donors (Lipinski definition) is 1. The predicted molar refractivity (Wildman–Crippen MR) is 114 cm³/mol. The van der Waals surface area contributed by atoms with E-state index >= 15 is 0 Å².